The number of piperazine rings is 1. The molecule has 3 rings (SSSR count). The van der Waals surface area contributed by atoms with Gasteiger partial charge < -0.3 is 29.5 Å². The Morgan fingerprint density at radius 2 is 1.59 bits per heavy atom. The van der Waals surface area contributed by atoms with Crippen molar-refractivity contribution < 1.29 is 38.9 Å². The van der Waals surface area contributed by atoms with Crippen LogP contribution in [0, 0.1) is 5.41 Å². The lowest BCUT2D eigenvalue weighted by Crippen LogP contribution is -2.74. The van der Waals surface area contributed by atoms with Crippen LogP contribution in [0.3, 0.4) is 0 Å². The van der Waals surface area contributed by atoms with Gasteiger partial charge in [0, 0.05) is 31.9 Å². The summed E-state index contributed by atoms with van der Waals surface area (Å²) < 4.78 is 10.9. The van der Waals surface area contributed by atoms with Crippen LogP contribution in [-0.2, 0) is 23.9 Å². The van der Waals surface area contributed by atoms with Crippen molar-refractivity contribution in [2.75, 3.05) is 44.2 Å². The van der Waals surface area contributed by atoms with Gasteiger partial charge in [-0.15, -0.1) is 0 Å². The Morgan fingerprint density at radius 3 is 2.11 bits per heavy atom. The number of nitrogens with zero attached hydrogens (tertiary/aromatic N) is 3. The number of carbonyl (C=O) groups excluding carboxylic acids is 2. The zero-order valence-electron chi connectivity index (χ0n) is 22.1. The molecule has 0 saturated carbocycles. The Morgan fingerprint density at radius 1 is 1.00 bits per heavy atom. The van der Waals surface area contributed by atoms with E-state index in [1.165, 1.54) is 13.8 Å². The Kier molecular flexibility index (Phi) is 8.06. The zero-order valence-corrected chi connectivity index (χ0v) is 22.1. The standard InChI is InChI=1S/C26H37N3O8/c1-24(2,3)37-20(30)17-36-19-15-25(4,22(32)33)26(5,29(16-19)23(34)35)21(31)28-13-11-27(12-14-28)18-9-7-6-8-10-18/h6-10,19H,11-17H2,1-5H3,(H,32,33)(H,34,35)/t19-,25+,26+/m0/s1. The second kappa shape index (κ2) is 10.6. The molecule has 2 saturated heterocycles. The number of amides is 2. The van der Waals surface area contributed by atoms with Crippen molar-refractivity contribution in [2.45, 2.75) is 58.3 Å². The van der Waals surface area contributed by atoms with Crippen molar-refractivity contribution in [3.63, 3.8) is 0 Å². The minimum atomic E-state index is -1.88. The molecule has 2 fully saturated rings. The SMILES string of the molecule is CC(C)(C)OC(=O)CO[C@@H]1CN(C(=O)O)[C@](C)(C(=O)N2CCN(c3ccccc3)CC2)[C@@](C)(C(=O)O)C1. The molecule has 37 heavy (non-hydrogen) atoms. The van der Waals surface area contributed by atoms with Gasteiger partial charge in [0.25, 0.3) is 0 Å². The number of benzene rings is 1. The quantitative estimate of drug-likeness (QED) is 0.542. The number of hydrogen-bond donors (Lipinski definition) is 2. The van der Waals surface area contributed by atoms with Gasteiger partial charge in [-0.2, -0.15) is 0 Å². The molecule has 2 N–H and O–H groups in total. The molecule has 3 atom stereocenters. The lowest BCUT2D eigenvalue weighted by Gasteiger charge is -2.55. The second-order valence-corrected chi connectivity index (χ2v) is 10.9. The maximum Gasteiger partial charge on any atom is 0.408 e. The molecule has 0 aliphatic carbocycles. The van der Waals surface area contributed by atoms with Gasteiger partial charge in [0.1, 0.15) is 17.7 Å². The van der Waals surface area contributed by atoms with Gasteiger partial charge in [0.05, 0.1) is 18.1 Å². The molecule has 2 aliphatic heterocycles. The average molecular weight is 520 g/mol. The highest BCUT2D eigenvalue weighted by Gasteiger charge is 2.65. The normalized spacial score (nSPS) is 26.5. The van der Waals surface area contributed by atoms with Gasteiger partial charge in [-0.05, 0) is 53.2 Å². The third-order valence-electron chi connectivity index (χ3n) is 7.30. The third-order valence-corrected chi connectivity index (χ3v) is 7.30. The maximum atomic E-state index is 13.9. The molecule has 0 spiro atoms. The minimum Gasteiger partial charge on any atom is -0.481 e. The topological polar surface area (TPSA) is 137 Å². The van der Waals surface area contributed by atoms with E-state index in [4.69, 9.17) is 9.47 Å². The average Bonchev–Trinajstić information content (AvgIpc) is 2.83. The Hall–Kier alpha value is -3.34. The Labute approximate surface area is 216 Å². The first-order valence-corrected chi connectivity index (χ1v) is 12.4. The number of carboxylic acids is 1. The maximum absolute atomic E-state index is 13.9. The molecule has 2 aliphatic rings. The van der Waals surface area contributed by atoms with Gasteiger partial charge in [-0.3, -0.25) is 14.5 Å². The summed E-state index contributed by atoms with van der Waals surface area (Å²) in [4.78, 5) is 55.5. The molecule has 0 unspecified atom stereocenters. The van der Waals surface area contributed by atoms with Gasteiger partial charge in [0.2, 0.25) is 5.91 Å². The summed E-state index contributed by atoms with van der Waals surface area (Å²) in [6.45, 7) is 8.86. The molecule has 0 aromatic heterocycles. The van der Waals surface area contributed by atoms with E-state index in [2.05, 4.69) is 4.90 Å². The molecule has 11 heteroatoms. The molecule has 2 heterocycles. The highest BCUT2D eigenvalue weighted by molar-refractivity contribution is 5.96. The lowest BCUT2D eigenvalue weighted by molar-refractivity contribution is -0.186. The van der Waals surface area contributed by atoms with Crippen molar-refractivity contribution >= 4 is 29.6 Å². The van der Waals surface area contributed by atoms with E-state index in [0.29, 0.717) is 26.2 Å². The number of carboxylic acid groups (broad SMARTS) is 2. The number of rotatable bonds is 6. The van der Waals surface area contributed by atoms with Crippen LogP contribution in [0.1, 0.15) is 41.0 Å². The van der Waals surface area contributed by atoms with E-state index < -0.39 is 53.2 Å². The van der Waals surface area contributed by atoms with E-state index >= 15 is 0 Å². The number of carbonyl (C=O) groups is 4. The molecule has 1 aromatic rings. The van der Waals surface area contributed by atoms with Crippen molar-refractivity contribution in [2.24, 2.45) is 5.41 Å². The third kappa shape index (κ3) is 5.82. The van der Waals surface area contributed by atoms with Crippen molar-refractivity contribution in [3.8, 4) is 0 Å². The first-order chi connectivity index (χ1) is 17.2. The fourth-order valence-electron chi connectivity index (χ4n) is 5.10. The number of anilines is 1. The van der Waals surface area contributed by atoms with Gasteiger partial charge in [-0.25, -0.2) is 9.59 Å². The summed E-state index contributed by atoms with van der Waals surface area (Å²) in [7, 11) is 0. The first-order valence-electron chi connectivity index (χ1n) is 12.4. The number of ether oxygens (including phenoxy) is 2. The van der Waals surface area contributed by atoms with Crippen LogP contribution in [0.25, 0.3) is 0 Å². The van der Waals surface area contributed by atoms with E-state index in [9.17, 15) is 29.4 Å². The Balaban J connectivity index is 1.80. The van der Waals surface area contributed by atoms with Gasteiger partial charge in [-0.1, -0.05) is 18.2 Å². The fourth-order valence-corrected chi connectivity index (χ4v) is 5.10. The summed E-state index contributed by atoms with van der Waals surface area (Å²) in [6.07, 6.45) is -2.50. The summed E-state index contributed by atoms with van der Waals surface area (Å²) >= 11 is 0. The van der Waals surface area contributed by atoms with Crippen LogP contribution in [0.2, 0.25) is 0 Å². The zero-order chi connectivity index (χ0) is 27.6. The molecule has 0 radical (unpaired) electrons. The van der Waals surface area contributed by atoms with Crippen LogP contribution in [0.15, 0.2) is 30.3 Å². The fraction of sp³-hybridized carbons (Fsp3) is 0.615. The Bertz CT molecular complexity index is 1020. The molecule has 0 bridgehead atoms. The van der Waals surface area contributed by atoms with Crippen molar-refractivity contribution in [1.29, 1.82) is 0 Å². The summed E-state index contributed by atoms with van der Waals surface area (Å²) in [5, 5.41) is 20.4. The van der Waals surface area contributed by atoms with E-state index in [0.717, 1.165) is 10.6 Å². The molecular weight excluding hydrogens is 482 g/mol. The smallest absolute Gasteiger partial charge is 0.408 e. The van der Waals surface area contributed by atoms with Crippen LogP contribution in [-0.4, -0.2) is 101 Å². The summed E-state index contributed by atoms with van der Waals surface area (Å²) in [6, 6.07) is 9.74. The molecular formula is C26H37N3O8. The second-order valence-electron chi connectivity index (χ2n) is 10.9. The van der Waals surface area contributed by atoms with E-state index in [-0.39, 0.29) is 13.0 Å². The molecule has 1 aromatic carbocycles. The number of aliphatic carboxylic acids is 1. The van der Waals surface area contributed by atoms with Gasteiger partial charge >= 0.3 is 18.0 Å². The monoisotopic (exact) mass is 519 g/mol. The highest BCUT2D eigenvalue weighted by atomic mass is 16.6. The lowest BCUT2D eigenvalue weighted by atomic mass is 9.64. The number of likely N-dealkylation sites (tertiary alicyclic amines) is 1. The van der Waals surface area contributed by atoms with Crippen LogP contribution >= 0.6 is 0 Å². The van der Waals surface area contributed by atoms with Crippen LogP contribution in [0.5, 0.6) is 0 Å². The number of esters is 1. The van der Waals surface area contributed by atoms with Gasteiger partial charge in [0.15, 0.2) is 0 Å². The van der Waals surface area contributed by atoms with Crippen LogP contribution in [0.4, 0.5) is 10.5 Å². The molecule has 2 amide bonds. The highest BCUT2D eigenvalue weighted by Crippen LogP contribution is 2.46. The molecule has 11 nitrogen and oxygen atoms in total. The number of para-hydroxylation sites is 1. The molecule has 204 valence electrons. The van der Waals surface area contributed by atoms with E-state index in [1.807, 2.05) is 30.3 Å². The predicted octanol–water partition coefficient (Wildman–Crippen LogP) is 2.30. The number of hydrogen-bond acceptors (Lipinski definition) is 7. The number of piperidine rings is 1. The van der Waals surface area contributed by atoms with Crippen molar-refractivity contribution in [3.05, 3.63) is 30.3 Å². The van der Waals surface area contributed by atoms with Crippen LogP contribution < -0.4 is 4.90 Å². The largest absolute Gasteiger partial charge is 0.481 e. The summed E-state index contributed by atoms with van der Waals surface area (Å²) in [5.74, 6) is -2.52. The summed E-state index contributed by atoms with van der Waals surface area (Å²) in [5.41, 5.74) is -3.40. The van der Waals surface area contributed by atoms with Crippen molar-refractivity contribution in [1.82, 2.24) is 9.80 Å². The van der Waals surface area contributed by atoms with E-state index in [1.54, 1.807) is 25.7 Å². The predicted molar refractivity (Wildman–Crippen MR) is 134 cm³/mol. The first kappa shape index (κ1) is 28.2. The minimum absolute atomic E-state index is 0.152.